The van der Waals surface area contributed by atoms with E-state index in [0.29, 0.717) is 6.61 Å². The van der Waals surface area contributed by atoms with Crippen LogP contribution in [0.3, 0.4) is 0 Å². The van der Waals surface area contributed by atoms with Gasteiger partial charge in [0.15, 0.2) is 0 Å². The molecule has 0 spiro atoms. The van der Waals surface area contributed by atoms with Gasteiger partial charge in [0.1, 0.15) is 12.4 Å². The maximum absolute atomic E-state index is 12.7. The molecule has 2 aromatic carbocycles. The van der Waals surface area contributed by atoms with E-state index in [4.69, 9.17) is 4.74 Å². The number of hydrogen-bond acceptors (Lipinski definition) is 4. The van der Waals surface area contributed by atoms with Crippen molar-refractivity contribution in [3.63, 3.8) is 0 Å². The van der Waals surface area contributed by atoms with Crippen LogP contribution in [-0.4, -0.2) is 19.1 Å². The van der Waals surface area contributed by atoms with Crippen LogP contribution in [0.25, 0.3) is 27.8 Å². The Kier molecular flexibility index (Phi) is 4.80. The zero-order valence-corrected chi connectivity index (χ0v) is 17.0. The second kappa shape index (κ2) is 7.91. The van der Waals surface area contributed by atoms with E-state index in [9.17, 15) is 4.79 Å². The zero-order chi connectivity index (χ0) is 21.2. The van der Waals surface area contributed by atoms with Gasteiger partial charge in [-0.3, -0.25) is 9.55 Å². The molecule has 0 radical (unpaired) electrons. The zero-order valence-electron chi connectivity index (χ0n) is 17.0. The summed E-state index contributed by atoms with van der Waals surface area (Å²) in [4.78, 5) is 21.3. The van der Waals surface area contributed by atoms with E-state index in [1.54, 1.807) is 28.6 Å². The predicted molar refractivity (Wildman–Crippen MR) is 120 cm³/mol. The molecule has 6 heteroatoms. The van der Waals surface area contributed by atoms with Crippen LogP contribution in [-0.2, 0) is 13.7 Å². The number of fused-ring (bicyclic) bond motifs is 1. The van der Waals surface area contributed by atoms with Crippen molar-refractivity contribution in [3.05, 3.63) is 108 Å². The van der Waals surface area contributed by atoms with Crippen molar-refractivity contribution in [1.29, 1.82) is 0 Å². The smallest absolute Gasteiger partial charge is 0.332 e. The monoisotopic (exact) mass is 408 g/mol. The van der Waals surface area contributed by atoms with Gasteiger partial charge in [-0.1, -0.05) is 24.3 Å². The molecular formula is C25H20N4O2. The fourth-order valence-corrected chi connectivity index (χ4v) is 3.57. The average molecular weight is 408 g/mol. The van der Waals surface area contributed by atoms with E-state index in [1.807, 2.05) is 72.9 Å². The van der Waals surface area contributed by atoms with Gasteiger partial charge in [0, 0.05) is 36.6 Å². The van der Waals surface area contributed by atoms with Crippen LogP contribution in [0.5, 0.6) is 5.75 Å². The number of rotatable bonds is 5. The number of para-hydroxylation sites is 1. The first-order valence-corrected chi connectivity index (χ1v) is 9.96. The molecule has 0 amide bonds. The largest absolute Gasteiger partial charge is 0.487 e. The van der Waals surface area contributed by atoms with Gasteiger partial charge in [-0.15, -0.1) is 0 Å². The number of imidazole rings is 1. The second-order valence-electron chi connectivity index (χ2n) is 7.26. The standard InChI is InChI=1S/C25H20N4O2/c1-28-16-24(29(25(28)30)21-12-14-26-15-13-21)19-7-10-22(11-8-19)31-17-20-9-6-18-4-2-3-5-23(18)27-20/h2-16H,17H2,1H3. The summed E-state index contributed by atoms with van der Waals surface area (Å²) in [6.45, 7) is 0.386. The summed E-state index contributed by atoms with van der Waals surface area (Å²) in [6, 6.07) is 23.4. The number of aryl methyl sites for hydroxylation is 1. The molecule has 3 aromatic heterocycles. The first-order chi connectivity index (χ1) is 15.2. The van der Waals surface area contributed by atoms with Gasteiger partial charge in [0.05, 0.1) is 22.6 Å². The Bertz CT molecular complexity index is 1400. The highest BCUT2D eigenvalue weighted by atomic mass is 16.5. The Morgan fingerprint density at radius 3 is 2.48 bits per heavy atom. The van der Waals surface area contributed by atoms with Crippen molar-refractivity contribution in [2.45, 2.75) is 6.61 Å². The molecule has 3 heterocycles. The summed E-state index contributed by atoms with van der Waals surface area (Å²) in [5, 5.41) is 1.11. The van der Waals surface area contributed by atoms with Crippen molar-refractivity contribution < 1.29 is 4.74 Å². The lowest BCUT2D eigenvalue weighted by Gasteiger charge is -2.09. The van der Waals surface area contributed by atoms with E-state index in [-0.39, 0.29) is 5.69 Å². The highest BCUT2D eigenvalue weighted by Crippen LogP contribution is 2.24. The van der Waals surface area contributed by atoms with Crippen LogP contribution in [0.1, 0.15) is 5.69 Å². The highest BCUT2D eigenvalue weighted by Gasteiger charge is 2.13. The summed E-state index contributed by atoms with van der Waals surface area (Å²) in [6.07, 6.45) is 5.18. The van der Waals surface area contributed by atoms with Crippen LogP contribution in [0.15, 0.2) is 96.2 Å². The average Bonchev–Trinajstić information content (AvgIpc) is 3.12. The molecule has 0 atom stereocenters. The minimum Gasteiger partial charge on any atom is -0.487 e. The molecule has 0 aliphatic rings. The Morgan fingerprint density at radius 2 is 1.68 bits per heavy atom. The van der Waals surface area contributed by atoms with Gasteiger partial charge in [-0.2, -0.15) is 0 Å². The van der Waals surface area contributed by atoms with E-state index in [0.717, 1.165) is 39.3 Å². The minimum absolute atomic E-state index is 0.107. The minimum atomic E-state index is -0.107. The number of benzene rings is 2. The molecular weight excluding hydrogens is 388 g/mol. The van der Waals surface area contributed by atoms with Crippen molar-refractivity contribution in [2.24, 2.45) is 7.05 Å². The summed E-state index contributed by atoms with van der Waals surface area (Å²) < 4.78 is 9.18. The van der Waals surface area contributed by atoms with Crippen molar-refractivity contribution >= 4 is 10.9 Å². The molecule has 5 rings (SSSR count). The number of nitrogens with zero attached hydrogens (tertiary/aromatic N) is 4. The third-order valence-corrected chi connectivity index (χ3v) is 5.16. The maximum atomic E-state index is 12.7. The van der Waals surface area contributed by atoms with Gasteiger partial charge in [-0.05, 0) is 48.5 Å². The van der Waals surface area contributed by atoms with E-state index in [1.165, 1.54) is 0 Å². The summed E-state index contributed by atoms with van der Waals surface area (Å²) in [5.41, 5.74) is 4.23. The van der Waals surface area contributed by atoms with Crippen molar-refractivity contribution in [3.8, 4) is 22.7 Å². The molecule has 5 aromatic rings. The molecule has 31 heavy (non-hydrogen) atoms. The van der Waals surface area contributed by atoms with Crippen LogP contribution >= 0.6 is 0 Å². The number of ether oxygens (including phenoxy) is 1. The van der Waals surface area contributed by atoms with Gasteiger partial charge < -0.3 is 9.30 Å². The number of hydrogen-bond donors (Lipinski definition) is 0. The SMILES string of the molecule is Cn1cc(-c2ccc(OCc3ccc4ccccc4n3)cc2)n(-c2ccncc2)c1=O. The molecule has 0 saturated carbocycles. The maximum Gasteiger partial charge on any atom is 0.332 e. The molecule has 0 bridgehead atoms. The predicted octanol–water partition coefficient (Wildman–Crippen LogP) is 4.37. The summed E-state index contributed by atoms with van der Waals surface area (Å²) >= 11 is 0. The third kappa shape index (κ3) is 3.71. The van der Waals surface area contributed by atoms with Gasteiger partial charge in [0.25, 0.3) is 0 Å². The van der Waals surface area contributed by atoms with Crippen LogP contribution in [0.2, 0.25) is 0 Å². The van der Waals surface area contributed by atoms with Crippen LogP contribution < -0.4 is 10.4 Å². The fourth-order valence-electron chi connectivity index (χ4n) is 3.57. The lowest BCUT2D eigenvalue weighted by Crippen LogP contribution is -2.21. The molecule has 152 valence electrons. The van der Waals surface area contributed by atoms with Crippen molar-refractivity contribution in [1.82, 2.24) is 19.1 Å². The topological polar surface area (TPSA) is 61.9 Å². The third-order valence-electron chi connectivity index (χ3n) is 5.16. The lowest BCUT2D eigenvalue weighted by atomic mass is 10.1. The van der Waals surface area contributed by atoms with Crippen LogP contribution in [0, 0.1) is 0 Å². The molecule has 0 aliphatic carbocycles. The highest BCUT2D eigenvalue weighted by molar-refractivity contribution is 5.78. The normalized spacial score (nSPS) is 11.0. The second-order valence-corrected chi connectivity index (χ2v) is 7.26. The Morgan fingerprint density at radius 1 is 0.903 bits per heavy atom. The molecule has 0 unspecified atom stereocenters. The molecule has 0 fully saturated rings. The van der Waals surface area contributed by atoms with E-state index in [2.05, 4.69) is 16.0 Å². The first kappa shape index (κ1) is 18.8. The number of pyridine rings is 2. The molecule has 0 aliphatic heterocycles. The van der Waals surface area contributed by atoms with Gasteiger partial charge in [0.2, 0.25) is 0 Å². The number of aromatic nitrogens is 4. The van der Waals surface area contributed by atoms with E-state index < -0.39 is 0 Å². The van der Waals surface area contributed by atoms with Gasteiger partial charge >= 0.3 is 5.69 Å². The van der Waals surface area contributed by atoms with Gasteiger partial charge in [-0.25, -0.2) is 9.78 Å². The molecule has 0 saturated heterocycles. The lowest BCUT2D eigenvalue weighted by molar-refractivity contribution is 0.302. The fraction of sp³-hybridized carbons (Fsp3) is 0.0800. The summed E-state index contributed by atoms with van der Waals surface area (Å²) in [5.74, 6) is 0.743. The Hall–Kier alpha value is -4.19. The summed E-state index contributed by atoms with van der Waals surface area (Å²) in [7, 11) is 1.75. The van der Waals surface area contributed by atoms with Crippen LogP contribution in [0.4, 0.5) is 0 Å². The quantitative estimate of drug-likeness (QED) is 0.433. The Balaban J connectivity index is 1.38. The molecule has 6 nitrogen and oxygen atoms in total. The van der Waals surface area contributed by atoms with E-state index >= 15 is 0 Å². The molecule has 0 N–H and O–H groups in total. The van der Waals surface area contributed by atoms with Crippen molar-refractivity contribution in [2.75, 3.05) is 0 Å². The Labute approximate surface area is 179 Å². The first-order valence-electron chi connectivity index (χ1n) is 9.96.